The summed E-state index contributed by atoms with van der Waals surface area (Å²) in [7, 11) is 0. The SMILES string of the molecule is Cc1ccc(-c2nnc(-c3ccc(C(=O)NCc4ccccc4CN4CCCC4)cc3)o2)cc1. The lowest BCUT2D eigenvalue weighted by Crippen LogP contribution is -2.25. The highest BCUT2D eigenvalue weighted by molar-refractivity contribution is 5.94. The number of benzene rings is 3. The topological polar surface area (TPSA) is 71.3 Å². The number of hydrogen-bond donors (Lipinski definition) is 1. The first kappa shape index (κ1) is 22.0. The number of nitrogens with one attached hydrogen (secondary N) is 1. The third-order valence-corrected chi connectivity index (χ3v) is 6.27. The fourth-order valence-corrected chi connectivity index (χ4v) is 4.26. The van der Waals surface area contributed by atoms with Crippen molar-refractivity contribution >= 4 is 5.91 Å². The number of amides is 1. The van der Waals surface area contributed by atoms with Crippen LogP contribution in [-0.4, -0.2) is 34.1 Å². The number of hydrogen-bond acceptors (Lipinski definition) is 5. The number of aryl methyl sites for hydroxylation is 1. The maximum atomic E-state index is 12.8. The summed E-state index contributed by atoms with van der Waals surface area (Å²) in [5.41, 5.74) is 5.87. The quantitative estimate of drug-likeness (QED) is 0.415. The van der Waals surface area contributed by atoms with E-state index in [1.54, 1.807) is 12.1 Å². The number of aromatic nitrogens is 2. The molecule has 1 fully saturated rings. The van der Waals surface area contributed by atoms with E-state index in [0.29, 0.717) is 23.9 Å². The van der Waals surface area contributed by atoms with Gasteiger partial charge in [-0.1, -0.05) is 42.0 Å². The van der Waals surface area contributed by atoms with Gasteiger partial charge >= 0.3 is 0 Å². The molecule has 34 heavy (non-hydrogen) atoms. The minimum atomic E-state index is -0.103. The monoisotopic (exact) mass is 452 g/mol. The van der Waals surface area contributed by atoms with Gasteiger partial charge in [0.2, 0.25) is 11.8 Å². The van der Waals surface area contributed by atoms with Crippen LogP contribution in [0, 0.1) is 6.92 Å². The summed E-state index contributed by atoms with van der Waals surface area (Å²) in [6.45, 7) is 5.79. The number of carbonyl (C=O) groups is 1. The molecule has 172 valence electrons. The van der Waals surface area contributed by atoms with E-state index in [2.05, 4.69) is 38.6 Å². The second-order valence-electron chi connectivity index (χ2n) is 8.79. The van der Waals surface area contributed by atoms with Gasteiger partial charge in [-0.05, 0) is 80.4 Å². The summed E-state index contributed by atoms with van der Waals surface area (Å²) < 4.78 is 5.84. The first-order valence-electron chi connectivity index (χ1n) is 11.7. The lowest BCUT2D eigenvalue weighted by molar-refractivity contribution is 0.0950. The molecule has 0 aliphatic carbocycles. The van der Waals surface area contributed by atoms with Gasteiger partial charge in [0, 0.05) is 29.8 Å². The average Bonchev–Trinajstić information content (AvgIpc) is 3.57. The highest BCUT2D eigenvalue weighted by Gasteiger charge is 2.15. The summed E-state index contributed by atoms with van der Waals surface area (Å²) in [6.07, 6.45) is 2.54. The van der Waals surface area contributed by atoms with Crippen LogP contribution in [0.3, 0.4) is 0 Å². The van der Waals surface area contributed by atoms with Crippen LogP contribution in [0.25, 0.3) is 22.9 Å². The van der Waals surface area contributed by atoms with Crippen LogP contribution in [0.15, 0.2) is 77.2 Å². The van der Waals surface area contributed by atoms with Crippen molar-refractivity contribution in [3.05, 3.63) is 95.1 Å². The fraction of sp³-hybridized carbons (Fsp3) is 0.250. The van der Waals surface area contributed by atoms with E-state index in [9.17, 15) is 4.79 Å². The molecule has 6 heteroatoms. The zero-order chi connectivity index (χ0) is 23.3. The smallest absolute Gasteiger partial charge is 0.251 e. The van der Waals surface area contributed by atoms with E-state index < -0.39 is 0 Å². The maximum absolute atomic E-state index is 12.8. The maximum Gasteiger partial charge on any atom is 0.251 e. The second-order valence-corrected chi connectivity index (χ2v) is 8.79. The lowest BCUT2D eigenvalue weighted by Gasteiger charge is -2.17. The molecule has 0 bridgehead atoms. The molecular formula is C28H28N4O2. The molecular weight excluding hydrogens is 424 g/mol. The Morgan fingerprint density at radius 1 is 0.853 bits per heavy atom. The van der Waals surface area contributed by atoms with Crippen LogP contribution in [0.2, 0.25) is 0 Å². The van der Waals surface area contributed by atoms with Gasteiger partial charge in [0.1, 0.15) is 0 Å². The normalized spacial score (nSPS) is 13.8. The van der Waals surface area contributed by atoms with Crippen LogP contribution < -0.4 is 5.32 Å². The third kappa shape index (κ3) is 5.07. The zero-order valence-corrected chi connectivity index (χ0v) is 19.3. The number of likely N-dealkylation sites (tertiary alicyclic amines) is 1. The van der Waals surface area contributed by atoms with Gasteiger partial charge in [-0.2, -0.15) is 0 Å². The van der Waals surface area contributed by atoms with E-state index in [4.69, 9.17) is 4.42 Å². The average molecular weight is 453 g/mol. The molecule has 0 spiro atoms. The van der Waals surface area contributed by atoms with Crippen LogP contribution in [-0.2, 0) is 13.1 Å². The van der Waals surface area contributed by atoms with E-state index in [1.165, 1.54) is 24.0 Å². The van der Waals surface area contributed by atoms with Gasteiger partial charge in [-0.25, -0.2) is 0 Å². The lowest BCUT2D eigenvalue weighted by atomic mass is 10.1. The third-order valence-electron chi connectivity index (χ3n) is 6.27. The molecule has 1 amide bonds. The highest BCUT2D eigenvalue weighted by atomic mass is 16.4. The minimum Gasteiger partial charge on any atom is -0.416 e. The predicted octanol–water partition coefficient (Wildman–Crippen LogP) is 5.24. The van der Waals surface area contributed by atoms with Crippen LogP contribution in [0.4, 0.5) is 0 Å². The van der Waals surface area contributed by atoms with Crippen LogP contribution in [0.1, 0.15) is 39.9 Å². The molecule has 4 aromatic rings. The predicted molar refractivity (Wildman–Crippen MR) is 132 cm³/mol. The summed E-state index contributed by atoms with van der Waals surface area (Å²) in [5.74, 6) is 0.802. The Bertz CT molecular complexity index is 1260. The van der Waals surface area contributed by atoms with Gasteiger partial charge in [0.25, 0.3) is 5.91 Å². The van der Waals surface area contributed by atoms with Crippen LogP contribution >= 0.6 is 0 Å². The Morgan fingerprint density at radius 3 is 2.09 bits per heavy atom. The first-order valence-corrected chi connectivity index (χ1v) is 11.7. The molecule has 0 saturated carbocycles. The van der Waals surface area contributed by atoms with Crippen molar-refractivity contribution in [3.8, 4) is 22.9 Å². The molecule has 0 radical (unpaired) electrons. The molecule has 0 atom stereocenters. The van der Waals surface area contributed by atoms with Crippen molar-refractivity contribution in [1.29, 1.82) is 0 Å². The van der Waals surface area contributed by atoms with Crippen molar-refractivity contribution in [3.63, 3.8) is 0 Å². The highest BCUT2D eigenvalue weighted by Crippen LogP contribution is 2.24. The number of carbonyl (C=O) groups excluding carboxylic acids is 1. The van der Waals surface area contributed by atoms with E-state index in [0.717, 1.165) is 36.3 Å². The standard InChI is InChI=1S/C28H28N4O2/c1-20-8-10-22(11-9-20)27-30-31-28(34-27)23-14-12-21(13-15-23)26(33)29-18-24-6-2-3-7-25(24)19-32-16-4-5-17-32/h2-3,6-15H,4-5,16-19H2,1H3,(H,29,33). The molecule has 3 aromatic carbocycles. The summed E-state index contributed by atoms with van der Waals surface area (Å²) in [4.78, 5) is 15.2. The van der Waals surface area contributed by atoms with E-state index in [1.807, 2.05) is 49.4 Å². The van der Waals surface area contributed by atoms with Crippen molar-refractivity contribution in [2.45, 2.75) is 32.9 Å². The van der Waals surface area contributed by atoms with Gasteiger partial charge in [-0.15, -0.1) is 10.2 Å². The summed E-state index contributed by atoms with van der Waals surface area (Å²) >= 11 is 0. The summed E-state index contributed by atoms with van der Waals surface area (Å²) in [5, 5.41) is 11.4. The van der Waals surface area contributed by atoms with Crippen molar-refractivity contribution in [1.82, 2.24) is 20.4 Å². The molecule has 1 aliphatic heterocycles. The summed E-state index contributed by atoms with van der Waals surface area (Å²) in [6, 6.07) is 23.5. The molecule has 0 unspecified atom stereocenters. The number of nitrogens with zero attached hydrogens (tertiary/aromatic N) is 3. The molecule has 1 N–H and O–H groups in total. The van der Waals surface area contributed by atoms with Crippen molar-refractivity contribution in [2.24, 2.45) is 0 Å². The Balaban J connectivity index is 1.22. The largest absolute Gasteiger partial charge is 0.416 e. The molecule has 1 aromatic heterocycles. The molecule has 1 aliphatic rings. The number of rotatable bonds is 7. The van der Waals surface area contributed by atoms with Gasteiger partial charge in [0.05, 0.1) is 0 Å². The van der Waals surface area contributed by atoms with Gasteiger partial charge in [0.15, 0.2) is 0 Å². The van der Waals surface area contributed by atoms with E-state index >= 15 is 0 Å². The fourth-order valence-electron chi connectivity index (χ4n) is 4.26. The van der Waals surface area contributed by atoms with Gasteiger partial charge in [-0.3, -0.25) is 9.69 Å². The van der Waals surface area contributed by atoms with Crippen LogP contribution in [0.5, 0.6) is 0 Å². The minimum absolute atomic E-state index is 0.103. The van der Waals surface area contributed by atoms with Crippen molar-refractivity contribution in [2.75, 3.05) is 13.1 Å². The second kappa shape index (κ2) is 10.0. The van der Waals surface area contributed by atoms with Gasteiger partial charge < -0.3 is 9.73 Å². The molecule has 6 nitrogen and oxygen atoms in total. The van der Waals surface area contributed by atoms with Crippen molar-refractivity contribution < 1.29 is 9.21 Å². The Labute approximate surface area is 199 Å². The molecule has 5 rings (SSSR count). The Kier molecular flexibility index (Phi) is 6.49. The molecule has 2 heterocycles. The Morgan fingerprint density at radius 2 is 1.44 bits per heavy atom. The zero-order valence-electron chi connectivity index (χ0n) is 19.3. The van der Waals surface area contributed by atoms with E-state index in [-0.39, 0.29) is 5.91 Å². The first-order chi connectivity index (χ1) is 16.7. The Hall–Kier alpha value is -3.77. The molecule has 1 saturated heterocycles.